The van der Waals surface area contributed by atoms with Crippen molar-refractivity contribution in [2.45, 2.75) is 6.42 Å². The number of pyridine rings is 1. The lowest BCUT2D eigenvalue weighted by atomic mass is 10.1. The summed E-state index contributed by atoms with van der Waals surface area (Å²) in [6.45, 7) is 1.13. The summed E-state index contributed by atoms with van der Waals surface area (Å²) in [4.78, 5) is 12.3. The van der Waals surface area contributed by atoms with Gasteiger partial charge in [-0.05, 0) is 53.9 Å². The molecule has 0 radical (unpaired) electrons. The third-order valence-electron chi connectivity index (χ3n) is 4.66. The molecule has 0 spiro atoms. The lowest BCUT2D eigenvalue weighted by molar-refractivity contribution is 0.0943. The summed E-state index contributed by atoms with van der Waals surface area (Å²) >= 11 is 0. The number of hydrogen-bond donors (Lipinski definition) is 1. The van der Waals surface area contributed by atoms with Crippen LogP contribution in [0.15, 0.2) is 67.0 Å². The van der Waals surface area contributed by atoms with Gasteiger partial charge in [0.25, 0.3) is 5.91 Å². The minimum Gasteiger partial charge on any atom is -0.385 e. The van der Waals surface area contributed by atoms with Crippen molar-refractivity contribution in [1.82, 2.24) is 19.5 Å². The van der Waals surface area contributed by atoms with Gasteiger partial charge in [0.1, 0.15) is 11.6 Å². The Hall–Kier alpha value is -3.45. The molecule has 1 aromatic carbocycles. The largest absolute Gasteiger partial charge is 0.385 e. The summed E-state index contributed by atoms with van der Waals surface area (Å²) in [6, 6.07) is 16.0. The van der Waals surface area contributed by atoms with E-state index in [9.17, 15) is 9.18 Å². The van der Waals surface area contributed by atoms with Crippen LogP contribution >= 0.6 is 0 Å². The molecular formula is C22H21FN4O2. The minimum atomic E-state index is -0.274. The van der Waals surface area contributed by atoms with Crippen LogP contribution in [0.1, 0.15) is 16.9 Å². The number of methoxy groups -OCH3 is 1. The Balaban J connectivity index is 1.60. The van der Waals surface area contributed by atoms with E-state index >= 15 is 0 Å². The fourth-order valence-electron chi connectivity index (χ4n) is 3.19. The molecule has 6 nitrogen and oxygen atoms in total. The Labute approximate surface area is 167 Å². The number of hydrogen-bond acceptors (Lipinski definition) is 3. The molecule has 7 heteroatoms. The average Bonchev–Trinajstić information content (AvgIpc) is 3.37. The van der Waals surface area contributed by atoms with Gasteiger partial charge in [-0.25, -0.2) is 9.07 Å². The summed E-state index contributed by atoms with van der Waals surface area (Å²) in [5.41, 5.74) is 3.00. The predicted molar refractivity (Wildman–Crippen MR) is 109 cm³/mol. The van der Waals surface area contributed by atoms with Crippen LogP contribution in [0.3, 0.4) is 0 Å². The summed E-state index contributed by atoms with van der Waals surface area (Å²) in [7, 11) is 1.63. The van der Waals surface area contributed by atoms with Gasteiger partial charge < -0.3 is 14.5 Å². The van der Waals surface area contributed by atoms with E-state index in [1.165, 1.54) is 12.1 Å². The maximum atomic E-state index is 13.6. The number of amides is 1. The third-order valence-corrected chi connectivity index (χ3v) is 4.66. The zero-order valence-corrected chi connectivity index (χ0v) is 16.0. The zero-order chi connectivity index (χ0) is 20.2. The Bertz CT molecular complexity index is 1150. The van der Waals surface area contributed by atoms with Crippen molar-refractivity contribution in [2.75, 3.05) is 20.3 Å². The van der Waals surface area contributed by atoms with Crippen LogP contribution in [0.4, 0.5) is 4.39 Å². The predicted octanol–water partition coefficient (Wildman–Crippen LogP) is 3.70. The Kier molecular flexibility index (Phi) is 5.39. The molecule has 3 aromatic heterocycles. The van der Waals surface area contributed by atoms with E-state index < -0.39 is 0 Å². The molecule has 0 saturated carbocycles. The van der Waals surface area contributed by atoms with E-state index in [1.807, 2.05) is 40.9 Å². The van der Waals surface area contributed by atoms with E-state index in [1.54, 1.807) is 30.1 Å². The SMILES string of the molecule is COCCCNC(=O)c1ccn(-c2ccc3ccc(-c4cccc(F)c4)cn23)n1. The monoisotopic (exact) mass is 392 g/mol. The molecule has 1 amide bonds. The van der Waals surface area contributed by atoms with Gasteiger partial charge in [0.05, 0.1) is 0 Å². The summed E-state index contributed by atoms with van der Waals surface area (Å²) in [6.07, 6.45) is 4.43. The molecule has 0 fully saturated rings. The Morgan fingerprint density at radius 2 is 2.00 bits per heavy atom. The fraction of sp³-hybridized carbons (Fsp3) is 0.182. The van der Waals surface area contributed by atoms with Gasteiger partial charge in [-0.15, -0.1) is 0 Å². The van der Waals surface area contributed by atoms with E-state index in [-0.39, 0.29) is 11.7 Å². The average molecular weight is 392 g/mol. The number of carbonyl (C=O) groups is 1. The van der Waals surface area contributed by atoms with Crippen molar-refractivity contribution in [3.05, 3.63) is 78.5 Å². The van der Waals surface area contributed by atoms with Crippen molar-refractivity contribution in [3.8, 4) is 16.9 Å². The number of ether oxygens (including phenoxy) is 1. The second-order valence-corrected chi connectivity index (χ2v) is 6.66. The molecule has 3 heterocycles. The smallest absolute Gasteiger partial charge is 0.271 e. The highest BCUT2D eigenvalue weighted by atomic mass is 19.1. The van der Waals surface area contributed by atoms with Gasteiger partial charge in [0, 0.05) is 38.2 Å². The maximum Gasteiger partial charge on any atom is 0.271 e. The highest BCUT2D eigenvalue weighted by Crippen LogP contribution is 2.23. The van der Waals surface area contributed by atoms with Gasteiger partial charge in [0.15, 0.2) is 5.69 Å². The lowest BCUT2D eigenvalue weighted by Crippen LogP contribution is -2.25. The van der Waals surface area contributed by atoms with Crippen LogP contribution in [0.2, 0.25) is 0 Å². The highest BCUT2D eigenvalue weighted by molar-refractivity contribution is 5.92. The normalized spacial score (nSPS) is 11.1. The van der Waals surface area contributed by atoms with Crippen molar-refractivity contribution in [3.63, 3.8) is 0 Å². The molecule has 0 atom stereocenters. The second kappa shape index (κ2) is 8.28. The number of aromatic nitrogens is 3. The quantitative estimate of drug-likeness (QED) is 0.488. The van der Waals surface area contributed by atoms with Crippen LogP contribution < -0.4 is 5.32 Å². The molecule has 4 aromatic rings. The molecule has 0 aliphatic heterocycles. The van der Waals surface area contributed by atoms with Gasteiger partial charge in [-0.3, -0.25) is 4.79 Å². The fourth-order valence-corrected chi connectivity index (χ4v) is 3.19. The van der Waals surface area contributed by atoms with Crippen molar-refractivity contribution >= 4 is 11.4 Å². The van der Waals surface area contributed by atoms with E-state index in [4.69, 9.17) is 4.74 Å². The van der Waals surface area contributed by atoms with Gasteiger partial charge >= 0.3 is 0 Å². The summed E-state index contributed by atoms with van der Waals surface area (Å²) < 4.78 is 22.2. The van der Waals surface area contributed by atoms with Crippen molar-refractivity contribution in [1.29, 1.82) is 0 Å². The van der Waals surface area contributed by atoms with E-state index in [2.05, 4.69) is 10.4 Å². The van der Waals surface area contributed by atoms with Crippen molar-refractivity contribution in [2.24, 2.45) is 0 Å². The zero-order valence-electron chi connectivity index (χ0n) is 16.0. The molecular weight excluding hydrogens is 371 g/mol. The first-order chi connectivity index (χ1) is 14.2. The number of nitrogens with zero attached hydrogens (tertiary/aromatic N) is 3. The molecule has 29 heavy (non-hydrogen) atoms. The van der Waals surface area contributed by atoms with Gasteiger partial charge in [0.2, 0.25) is 0 Å². The van der Waals surface area contributed by atoms with Crippen LogP contribution in [0, 0.1) is 5.82 Å². The number of carbonyl (C=O) groups excluding carboxylic acids is 1. The number of fused-ring (bicyclic) bond motifs is 1. The molecule has 0 aliphatic rings. The molecule has 4 rings (SSSR count). The first-order valence-electron chi connectivity index (χ1n) is 9.36. The number of nitrogens with one attached hydrogen (secondary N) is 1. The number of benzene rings is 1. The lowest BCUT2D eigenvalue weighted by Gasteiger charge is -2.07. The Morgan fingerprint density at radius 3 is 2.83 bits per heavy atom. The van der Waals surface area contributed by atoms with E-state index in [0.29, 0.717) is 18.8 Å². The highest BCUT2D eigenvalue weighted by Gasteiger charge is 2.12. The molecule has 0 unspecified atom stereocenters. The van der Waals surface area contributed by atoms with Crippen LogP contribution in [0.25, 0.3) is 22.5 Å². The topological polar surface area (TPSA) is 60.6 Å². The minimum absolute atomic E-state index is 0.221. The molecule has 0 saturated heterocycles. The first kappa shape index (κ1) is 18.9. The maximum absolute atomic E-state index is 13.6. The second-order valence-electron chi connectivity index (χ2n) is 6.66. The third kappa shape index (κ3) is 4.05. The first-order valence-corrected chi connectivity index (χ1v) is 9.36. The van der Waals surface area contributed by atoms with E-state index in [0.717, 1.165) is 28.9 Å². The Morgan fingerprint density at radius 1 is 1.14 bits per heavy atom. The molecule has 0 bridgehead atoms. The number of halogens is 1. The summed E-state index contributed by atoms with van der Waals surface area (Å²) in [5.74, 6) is 0.293. The van der Waals surface area contributed by atoms with Crippen LogP contribution in [-0.4, -0.2) is 40.3 Å². The van der Waals surface area contributed by atoms with Gasteiger partial charge in [-0.2, -0.15) is 5.10 Å². The van der Waals surface area contributed by atoms with Crippen LogP contribution in [-0.2, 0) is 4.74 Å². The molecule has 0 aliphatic carbocycles. The van der Waals surface area contributed by atoms with Gasteiger partial charge in [-0.1, -0.05) is 18.2 Å². The van der Waals surface area contributed by atoms with Crippen molar-refractivity contribution < 1.29 is 13.9 Å². The standard InChI is InChI=1S/C22H21FN4O2/c1-29-13-3-11-24-22(28)20-10-12-27(25-20)21-9-8-19-7-6-17(15-26(19)21)16-4-2-5-18(23)14-16/h2,4-10,12,14-15H,3,11,13H2,1H3,(H,24,28). The molecule has 148 valence electrons. The summed E-state index contributed by atoms with van der Waals surface area (Å²) in [5, 5.41) is 7.24. The van der Waals surface area contributed by atoms with Crippen LogP contribution in [0.5, 0.6) is 0 Å². The number of rotatable bonds is 7. The molecule has 1 N–H and O–H groups in total.